The van der Waals surface area contributed by atoms with E-state index in [-0.39, 0.29) is 12.3 Å². The Kier molecular flexibility index (Phi) is 3.80. The van der Waals surface area contributed by atoms with Gasteiger partial charge in [0.05, 0.1) is 17.3 Å². The van der Waals surface area contributed by atoms with Crippen LogP contribution in [0, 0.1) is 6.92 Å². The third kappa shape index (κ3) is 3.05. The second kappa shape index (κ2) is 5.91. The molecule has 0 saturated heterocycles. The van der Waals surface area contributed by atoms with Gasteiger partial charge in [-0.15, -0.1) is 0 Å². The van der Waals surface area contributed by atoms with Crippen LogP contribution in [0.4, 0.5) is 5.82 Å². The zero-order chi connectivity index (χ0) is 16.4. The van der Waals surface area contributed by atoms with E-state index in [4.69, 9.17) is 5.73 Å². The van der Waals surface area contributed by atoms with Gasteiger partial charge in [-0.25, -0.2) is 4.52 Å². The van der Waals surface area contributed by atoms with Gasteiger partial charge in [0.25, 0.3) is 5.91 Å². The molecule has 0 aliphatic carbocycles. The highest BCUT2D eigenvalue weighted by molar-refractivity contribution is 6.08. The molecule has 118 valence electrons. The Hall–Kier alpha value is -3.16. The lowest BCUT2D eigenvalue weighted by Gasteiger charge is -2.02. The van der Waals surface area contributed by atoms with E-state index in [1.165, 1.54) is 6.20 Å². The predicted octanol–water partition coefficient (Wildman–Crippen LogP) is 0.967. The largest absolute Gasteiger partial charge is 0.370 e. The van der Waals surface area contributed by atoms with E-state index in [0.717, 1.165) is 11.2 Å². The lowest BCUT2D eigenvalue weighted by Crippen LogP contribution is -2.15. The molecule has 8 nitrogen and oxygen atoms in total. The number of anilines is 1. The fourth-order valence-electron chi connectivity index (χ4n) is 2.28. The summed E-state index contributed by atoms with van der Waals surface area (Å²) in [6.07, 6.45) is 3.41. The molecular weight excluding hydrogens is 296 g/mol. The van der Waals surface area contributed by atoms with Gasteiger partial charge in [0, 0.05) is 30.9 Å². The van der Waals surface area contributed by atoms with Crippen molar-refractivity contribution in [3.8, 4) is 0 Å². The standard InChI is InChI=1S/C15H16N6O2/c1-10-3-2-4-12-11(9-17-21(10)12)15(23)18-14-6-8-20(19-14)7-5-13(16)22/h2-4,6,8-9H,5,7H2,1H3,(H2,16,22)(H,18,19,23). The maximum atomic E-state index is 12.4. The topological polar surface area (TPSA) is 107 Å². The van der Waals surface area contributed by atoms with E-state index in [2.05, 4.69) is 15.5 Å². The van der Waals surface area contributed by atoms with Gasteiger partial charge in [-0.1, -0.05) is 6.07 Å². The van der Waals surface area contributed by atoms with Crippen LogP contribution >= 0.6 is 0 Å². The minimum Gasteiger partial charge on any atom is -0.370 e. The van der Waals surface area contributed by atoms with E-state index in [1.54, 1.807) is 21.5 Å². The number of hydrogen-bond donors (Lipinski definition) is 2. The SMILES string of the molecule is Cc1cccc2c(C(=O)Nc3ccn(CCC(N)=O)n3)cnn12. The first-order valence-electron chi connectivity index (χ1n) is 7.11. The molecule has 0 aliphatic rings. The van der Waals surface area contributed by atoms with E-state index in [1.807, 2.05) is 25.1 Å². The summed E-state index contributed by atoms with van der Waals surface area (Å²) in [5.41, 5.74) is 7.24. The first-order chi connectivity index (χ1) is 11.0. The van der Waals surface area contributed by atoms with Crippen LogP contribution in [0.1, 0.15) is 22.5 Å². The molecule has 0 fully saturated rings. The summed E-state index contributed by atoms with van der Waals surface area (Å²) < 4.78 is 3.26. The molecule has 2 amide bonds. The number of pyridine rings is 1. The number of fused-ring (bicyclic) bond motifs is 1. The van der Waals surface area contributed by atoms with Crippen molar-refractivity contribution in [2.45, 2.75) is 19.9 Å². The van der Waals surface area contributed by atoms with Gasteiger partial charge in [0.15, 0.2) is 5.82 Å². The van der Waals surface area contributed by atoms with Gasteiger partial charge in [-0.3, -0.25) is 14.3 Å². The lowest BCUT2D eigenvalue weighted by molar-refractivity contribution is -0.118. The maximum absolute atomic E-state index is 12.4. The molecule has 0 radical (unpaired) electrons. The average Bonchev–Trinajstić information content (AvgIpc) is 3.12. The Bertz CT molecular complexity index is 879. The normalized spacial score (nSPS) is 10.8. The third-order valence-corrected chi connectivity index (χ3v) is 3.45. The Balaban J connectivity index is 1.76. The number of primary amides is 1. The molecule has 3 aromatic heterocycles. The van der Waals surface area contributed by atoms with Crippen molar-refractivity contribution in [2.24, 2.45) is 5.73 Å². The highest BCUT2D eigenvalue weighted by Crippen LogP contribution is 2.14. The first-order valence-corrected chi connectivity index (χ1v) is 7.11. The Labute approximate surface area is 131 Å². The number of amides is 2. The molecule has 0 unspecified atom stereocenters. The van der Waals surface area contributed by atoms with Crippen LogP contribution in [0.3, 0.4) is 0 Å². The zero-order valence-corrected chi connectivity index (χ0v) is 12.6. The highest BCUT2D eigenvalue weighted by Gasteiger charge is 2.14. The Morgan fingerprint density at radius 3 is 2.91 bits per heavy atom. The van der Waals surface area contributed by atoms with Crippen LogP contribution < -0.4 is 11.1 Å². The van der Waals surface area contributed by atoms with Gasteiger partial charge >= 0.3 is 0 Å². The van der Waals surface area contributed by atoms with E-state index >= 15 is 0 Å². The van der Waals surface area contributed by atoms with Crippen molar-refractivity contribution in [2.75, 3.05) is 5.32 Å². The van der Waals surface area contributed by atoms with Crippen LogP contribution in [0.25, 0.3) is 5.52 Å². The van der Waals surface area contributed by atoms with Crippen LogP contribution in [0.5, 0.6) is 0 Å². The number of carbonyl (C=O) groups is 2. The molecule has 0 aromatic carbocycles. The van der Waals surface area contributed by atoms with Crippen molar-refractivity contribution in [1.82, 2.24) is 19.4 Å². The van der Waals surface area contributed by atoms with E-state index in [9.17, 15) is 9.59 Å². The molecule has 3 aromatic rings. The van der Waals surface area contributed by atoms with E-state index in [0.29, 0.717) is 17.9 Å². The molecule has 0 saturated carbocycles. The van der Waals surface area contributed by atoms with Crippen LogP contribution in [0.15, 0.2) is 36.7 Å². The number of rotatable bonds is 5. The molecule has 0 spiro atoms. The minimum absolute atomic E-state index is 0.197. The minimum atomic E-state index is -0.396. The van der Waals surface area contributed by atoms with Crippen molar-refractivity contribution in [1.29, 1.82) is 0 Å². The van der Waals surface area contributed by atoms with Gasteiger partial charge in [-0.2, -0.15) is 10.2 Å². The molecule has 3 heterocycles. The summed E-state index contributed by atoms with van der Waals surface area (Å²) in [5, 5.41) is 11.1. The number of nitrogens with two attached hydrogens (primary N) is 1. The Morgan fingerprint density at radius 1 is 1.30 bits per heavy atom. The molecule has 0 aliphatic heterocycles. The first kappa shape index (κ1) is 14.8. The highest BCUT2D eigenvalue weighted by atomic mass is 16.2. The molecular formula is C15H16N6O2. The van der Waals surface area contributed by atoms with Crippen LogP contribution in [-0.4, -0.2) is 31.2 Å². The molecule has 0 atom stereocenters. The number of hydrogen-bond acceptors (Lipinski definition) is 4. The number of carbonyl (C=O) groups excluding carboxylic acids is 2. The van der Waals surface area contributed by atoms with Crippen molar-refractivity contribution >= 4 is 23.1 Å². The number of nitrogens with zero attached hydrogens (tertiary/aromatic N) is 4. The van der Waals surface area contributed by atoms with Crippen LogP contribution in [0.2, 0.25) is 0 Å². The van der Waals surface area contributed by atoms with Crippen molar-refractivity contribution in [3.05, 3.63) is 47.9 Å². The number of aromatic nitrogens is 4. The van der Waals surface area contributed by atoms with E-state index < -0.39 is 5.91 Å². The maximum Gasteiger partial charge on any atom is 0.260 e. The number of nitrogens with one attached hydrogen (secondary N) is 1. The van der Waals surface area contributed by atoms with Gasteiger partial charge < -0.3 is 11.1 Å². The summed E-state index contributed by atoms with van der Waals surface area (Å²) in [6, 6.07) is 7.29. The molecule has 0 bridgehead atoms. The second-order valence-electron chi connectivity index (χ2n) is 5.16. The number of aryl methyl sites for hydroxylation is 2. The fraction of sp³-hybridized carbons (Fsp3) is 0.200. The molecule has 8 heteroatoms. The smallest absolute Gasteiger partial charge is 0.260 e. The molecule has 3 N–H and O–H groups in total. The molecule has 3 rings (SSSR count). The lowest BCUT2D eigenvalue weighted by atomic mass is 10.2. The van der Waals surface area contributed by atoms with Crippen LogP contribution in [-0.2, 0) is 11.3 Å². The van der Waals surface area contributed by atoms with Crippen molar-refractivity contribution in [3.63, 3.8) is 0 Å². The van der Waals surface area contributed by atoms with Gasteiger partial charge in [-0.05, 0) is 19.1 Å². The zero-order valence-electron chi connectivity index (χ0n) is 12.6. The summed E-state index contributed by atoms with van der Waals surface area (Å²) in [6.45, 7) is 2.29. The van der Waals surface area contributed by atoms with Crippen molar-refractivity contribution < 1.29 is 9.59 Å². The predicted molar refractivity (Wildman–Crippen MR) is 83.9 cm³/mol. The quantitative estimate of drug-likeness (QED) is 0.731. The van der Waals surface area contributed by atoms with Gasteiger partial charge in [0.1, 0.15) is 0 Å². The molecule has 23 heavy (non-hydrogen) atoms. The summed E-state index contributed by atoms with van der Waals surface area (Å²) in [5.74, 6) is -0.273. The third-order valence-electron chi connectivity index (χ3n) is 3.45. The Morgan fingerprint density at radius 2 is 2.13 bits per heavy atom. The van der Waals surface area contributed by atoms with Gasteiger partial charge in [0.2, 0.25) is 5.91 Å². The summed E-state index contributed by atoms with van der Waals surface area (Å²) >= 11 is 0. The monoisotopic (exact) mass is 312 g/mol. The summed E-state index contributed by atoms with van der Waals surface area (Å²) in [4.78, 5) is 23.2. The second-order valence-corrected chi connectivity index (χ2v) is 5.16. The fourth-order valence-corrected chi connectivity index (χ4v) is 2.28. The summed E-state index contributed by atoms with van der Waals surface area (Å²) in [7, 11) is 0. The average molecular weight is 312 g/mol.